The van der Waals surface area contributed by atoms with Crippen LogP contribution in [0.2, 0.25) is 0 Å². The van der Waals surface area contributed by atoms with Crippen LogP contribution in [0.15, 0.2) is 41.8 Å². The predicted octanol–water partition coefficient (Wildman–Crippen LogP) is 3.05. The lowest BCUT2D eigenvalue weighted by molar-refractivity contribution is -0.120. The monoisotopic (exact) mass is 257 g/mol. The van der Waals surface area contributed by atoms with E-state index in [9.17, 15) is 4.79 Å². The van der Waals surface area contributed by atoms with Gasteiger partial charge in [-0.05, 0) is 34.9 Å². The van der Waals surface area contributed by atoms with Crippen LogP contribution in [0, 0.1) is 0 Å². The van der Waals surface area contributed by atoms with Gasteiger partial charge in [0.2, 0.25) is 0 Å². The van der Waals surface area contributed by atoms with Crippen LogP contribution in [0.3, 0.4) is 0 Å². The summed E-state index contributed by atoms with van der Waals surface area (Å²) in [4.78, 5) is 13.1. The highest BCUT2D eigenvalue weighted by Crippen LogP contribution is 2.38. The molecule has 0 radical (unpaired) electrons. The van der Waals surface area contributed by atoms with Crippen molar-refractivity contribution in [2.24, 2.45) is 5.73 Å². The normalized spacial score (nSPS) is 18.8. The number of carbonyl (C=O) groups excluding carboxylic acids is 1. The minimum Gasteiger partial charge on any atom is -0.317 e. The molecule has 1 heterocycles. The molecule has 2 N–H and O–H groups in total. The highest BCUT2D eigenvalue weighted by molar-refractivity contribution is 7.10. The smallest absolute Gasteiger partial charge is 0.155 e. The van der Waals surface area contributed by atoms with Gasteiger partial charge in [0.05, 0.1) is 6.04 Å². The number of rotatable bonds is 4. The van der Waals surface area contributed by atoms with Crippen molar-refractivity contribution in [1.29, 1.82) is 0 Å². The van der Waals surface area contributed by atoms with Crippen LogP contribution >= 0.6 is 11.3 Å². The Labute approximate surface area is 110 Å². The maximum absolute atomic E-state index is 12.1. The van der Waals surface area contributed by atoms with Gasteiger partial charge in [0.15, 0.2) is 5.78 Å². The number of ketones is 1. The Bertz CT molecular complexity index is 562. The molecule has 3 heteroatoms. The zero-order chi connectivity index (χ0) is 12.5. The molecule has 2 nitrogen and oxygen atoms in total. The van der Waals surface area contributed by atoms with Crippen LogP contribution in [-0.2, 0) is 11.2 Å². The van der Waals surface area contributed by atoms with Crippen LogP contribution in [0.1, 0.15) is 34.4 Å². The fraction of sp³-hybridized carbons (Fsp3) is 0.267. The molecule has 1 aliphatic rings. The molecule has 92 valence electrons. The van der Waals surface area contributed by atoms with Gasteiger partial charge < -0.3 is 5.73 Å². The van der Waals surface area contributed by atoms with Gasteiger partial charge >= 0.3 is 0 Å². The van der Waals surface area contributed by atoms with Gasteiger partial charge in [0.1, 0.15) is 0 Å². The lowest BCUT2D eigenvalue weighted by atomic mass is 9.74. The van der Waals surface area contributed by atoms with E-state index in [1.54, 1.807) is 11.3 Å². The lowest BCUT2D eigenvalue weighted by Crippen LogP contribution is -2.26. The Hall–Kier alpha value is -1.45. The van der Waals surface area contributed by atoms with Crippen molar-refractivity contribution in [2.45, 2.75) is 24.8 Å². The minimum absolute atomic E-state index is 0.150. The van der Waals surface area contributed by atoms with Crippen molar-refractivity contribution in [3.8, 4) is 0 Å². The molecule has 1 aromatic heterocycles. The topological polar surface area (TPSA) is 43.1 Å². The van der Waals surface area contributed by atoms with E-state index in [1.165, 1.54) is 11.1 Å². The molecule has 2 unspecified atom stereocenters. The molecular formula is C15H15NOS. The minimum atomic E-state index is -0.447. The molecule has 0 spiro atoms. The molecule has 0 aliphatic heterocycles. The number of carbonyl (C=O) groups is 1. The number of fused-ring (bicyclic) bond motifs is 1. The van der Waals surface area contributed by atoms with Gasteiger partial charge in [-0.15, -0.1) is 11.3 Å². The second kappa shape index (κ2) is 4.67. The number of hydrogen-bond acceptors (Lipinski definition) is 3. The molecule has 2 aromatic rings. The SMILES string of the molecule is NC(C(=O)CC1Cc2ccccc21)c1cccs1. The zero-order valence-corrected chi connectivity index (χ0v) is 10.8. The molecule has 0 fully saturated rings. The Balaban J connectivity index is 1.67. The summed E-state index contributed by atoms with van der Waals surface area (Å²) >= 11 is 1.55. The summed E-state index contributed by atoms with van der Waals surface area (Å²) in [5.41, 5.74) is 8.69. The maximum atomic E-state index is 12.1. The summed E-state index contributed by atoms with van der Waals surface area (Å²) in [7, 11) is 0. The molecule has 2 atom stereocenters. The van der Waals surface area contributed by atoms with Gasteiger partial charge in [-0.2, -0.15) is 0 Å². The molecular weight excluding hydrogens is 242 g/mol. The largest absolute Gasteiger partial charge is 0.317 e. The van der Waals surface area contributed by atoms with E-state index in [0.717, 1.165) is 11.3 Å². The molecule has 3 rings (SSSR count). The Morgan fingerprint density at radius 1 is 1.33 bits per heavy atom. The van der Waals surface area contributed by atoms with Gasteiger partial charge in [-0.3, -0.25) is 4.79 Å². The first kappa shape index (κ1) is 11.6. The first-order chi connectivity index (χ1) is 8.75. The third-order valence-electron chi connectivity index (χ3n) is 3.61. The van der Waals surface area contributed by atoms with Crippen LogP contribution in [0.5, 0.6) is 0 Å². The average molecular weight is 257 g/mol. The number of benzene rings is 1. The number of thiophene rings is 1. The quantitative estimate of drug-likeness (QED) is 0.914. The highest BCUT2D eigenvalue weighted by atomic mass is 32.1. The first-order valence-corrected chi connectivity index (χ1v) is 7.03. The summed E-state index contributed by atoms with van der Waals surface area (Å²) < 4.78 is 0. The summed E-state index contributed by atoms with van der Waals surface area (Å²) in [6, 6.07) is 11.8. The number of hydrogen-bond donors (Lipinski definition) is 1. The lowest BCUT2D eigenvalue weighted by Gasteiger charge is -2.30. The van der Waals surface area contributed by atoms with Gasteiger partial charge in [0.25, 0.3) is 0 Å². The van der Waals surface area contributed by atoms with E-state index in [4.69, 9.17) is 5.73 Å². The zero-order valence-electron chi connectivity index (χ0n) is 10.0. The van der Waals surface area contributed by atoms with Gasteiger partial charge in [-0.25, -0.2) is 0 Å². The van der Waals surface area contributed by atoms with Crippen LogP contribution < -0.4 is 5.73 Å². The van der Waals surface area contributed by atoms with Crippen molar-refractivity contribution in [3.05, 3.63) is 57.8 Å². The van der Waals surface area contributed by atoms with Crippen molar-refractivity contribution in [3.63, 3.8) is 0 Å². The second-order valence-corrected chi connectivity index (χ2v) is 5.74. The Morgan fingerprint density at radius 2 is 2.17 bits per heavy atom. The molecule has 1 aliphatic carbocycles. The maximum Gasteiger partial charge on any atom is 0.155 e. The van der Waals surface area contributed by atoms with E-state index < -0.39 is 6.04 Å². The Morgan fingerprint density at radius 3 is 2.89 bits per heavy atom. The third-order valence-corrected chi connectivity index (χ3v) is 4.56. The van der Waals surface area contributed by atoms with Crippen LogP contribution in [0.4, 0.5) is 0 Å². The molecule has 0 amide bonds. The fourth-order valence-corrected chi connectivity index (χ4v) is 3.29. The fourth-order valence-electron chi connectivity index (χ4n) is 2.54. The summed E-state index contributed by atoms with van der Waals surface area (Å²) in [5, 5.41) is 1.96. The predicted molar refractivity (Wildman–Crippen MR) is 73.8 cm³/mol. The third kappa shape index (κ3) is 2.00. The van der Waals surface area contributed by atoms with Gasteiger partial charge in [0, 0.05) is 11.3 Å². The molecule has 1 aromatic carbocycles. The summed E-state index contributed by atoms with van der Waals surface area (Å²) in [5.74, 6) is 0.525. The number of Topliss-reactive ketones (excluding diaryl/α,β-unsaturated/α-hetero) is 1. The van der Waals surface area contributed by atoms with Crippen molar-refractivity contribution >= 4 is 17.1 Å². The van der Waals surface area contributed by atoms with Crippen molar-refractivity contribution in [1.82, 2.24) is 0 Å². The standard InChI is InChI=1S/C15H15NOS/c16-15(14-6-3-7-18-14)13(17)9-11-8-10-4-1-2-5-12(10)11/h1-7,11,15H,8-9,16H2. The van der Waals surface area contributed by atoms with Crippen LogP contribution in [-0.4, -0.2) is 5.78 Å². The average Bonchev–Trinajstić information content (AvgIpc) is 2.88. The van der Waals surface area contributed by atoms with Crippen LogP contribution in [0.25, 0.3) is 0 Å². The molecule has 0 saturated heterocycles. The van der Waals surface area contributed by atoms with Gasteiger partial charge in [-0.1, -0.05) is 30.3 Å². The van der Waals surface area contributed by atoms with Crippen molar-refractivity contribution < 1.29 is 4.79 Å². The Kier molecular flexibility index (Phi) is 3.02. The summed E-state index contributed by atoms with van der Waals surface area (Å²) in [6.45, 7) is 0. The van der Waals surface area contributed by atoms with E-state index >= 15 is 0 Å². The summed E-state index contributed by atoms with van der Waals surface area (Å²) in [6.07, 6.45) is 1.58. The molecule has 18 heavy (non-hydrogen) atoms. The number of nitrogens with two attached hydrogens (primary N) is 1. The highest BCUT2D eigenvalue weighted by Gasteiger charge is 2.29. The van der Waals surface area contributed by atoms with E-state index in [-0.39, 0.29) is 5.78 Å². The molecule has 0 saturated carbocycles. The van der Waals surface area contributed by atoms with E-state index in [2.05, 4.69) is 12.1 Å². The first-order valence-electron chi connectivity index (χ1n) is 6.15. The second-order valence-electron chi connectivity index (χ2n) is 4.76. The molecule has 0 bridgehead atoms. The van der Waals surface area contributed by atoms with E-state index in [1.807, 2.05) is 29.6 Å². The van der Waals surface area contributed by atoms with Crippen molar-refractivity contribution in [2.75, 3.05) is 0 Å². The van der Waals surface area contributed by atoms with E-state index in [0.29, 0.717) is 12.3 Å².